The van der Waals surface area contributed by atoms with Gasteiger partial charge in [-0.25, -0.2) is 0 Å². The Hall–Kier alpha value is -1.54. The Morgan fingerprint density at radius 3 is 2.80 bits per heavy atom. The minimum absolute atomic E-state index is 0.0846. The van der Waals surface area contributed by atoms with Crippen LogP contribution in [0.2, 0.25) is 0 Å². The first kappa shape index (κ1) is 9.99. The zero-order valence-corrected chi connectivity index (χ0v) is 9.03. The molecule has 0 spiro atoms. The SMILES string of the molecule is CC(C)=CC(N)c1coc2ccccc12. The molecule has 0 amide bonds. The monoisotopic (exact) mass is 201 g/mol. The van der Waals surface area contributed by atoms with Gasteiger partial charge in [-0.1, -0.05) is 29.8 Å². The average molecular weight is 201 g/mol. The van der Waals surface area contributed by atoms with E-state index in [1.807, 2.05) is 44.2 Å². The van der Waals surface area contributed by atoms with Crippen LogP contribution in [0.4, 0.5) is 0 Å². The first-order chi connectivity index (χ1) is 7.18. The number of furan rings is 1. The molecule has 0 aliphatic rings. The predicted octanol–water partition coefficient (Wildman–Crippen LogP) is 3.40. The second-order valence-corrected chi connectivity index (χ2v) is 3.96. The highest BCUT2D eigenvalue weighted by Gasteiger charge is 2.10. The average Bonchev–Trinajstić information content (AvgIpc) is 2.59. The standard InChI is InChI=1S/C13H15NO/c1-9(2)7-12(14)11-8-15-13-6-4-3-5-10(11)13/h3-8,12H,14H2,1-2H3. The lowest BCUT2D eigenvalue weighted by Gasteiger charge is -2.04. The van der Waals surface area contributed by atoms with Crippen molar-refractivity contribution in [1.29, 1.82) is 0 Å². The quantitative estimate of drug-likeness (QED) is 0.756. The molecule has 0 bridgehead atoms. The largest absolute Gasteiger partial charge is 0.464 e. The molecule has 1 aromatic heterocycles. The molecule has 2 N–H and O–H groups in total. The third-order valence-electron chi connectivity index (χ3n) is 2.38. The van der Waals surface area contributed by atoms with Gasteiger partial charge in [0.2, 0.25) is 0 Å². The molecule has 2 rings (SSSR count). The van der Waals surface area contributed by atoms with Crippen LogP contribution < -0.4 is 5.73 Å². The summed E-state index contributed by atoms with van der Waals surface area (Å²) in [5, 5.41) is 1.10. The van der Waals surface area contributed by atoms with Gasteiger partial charge < -0.3 is 10.2 Å². The van der Waals surface area contributed by atoms with E-state index in [1.54, 1.807) is 6.26 Å². The van der Waals surface area contributed by atoms with Crippen molar-refractivity contribution >= 4 is 11.0 Å². The molecule has 0 saturated heterocycles. The zero-order valence-electron chi connectivity index (χ0n) is 9.03. The molecule has 0 radical (unpaired) electrons. The van der Waals surface area contributed by atoms with Gasteiger partial charge in [-0.15, -0.1) is 0 Å². The fourth-order valence-corrected chi connectivity index (χ4v) is 1.71. The van der Waals surface area contributed by atoms with Crippen LogP contribution in [-0.2, 0) is 0 Å². The van der Waals surface area contributed by atoms with E-state index in [2.05, 4.69) is 0 Å². The van der Waals surface area contributed by atoms with Crippen molar-refractivity contribution in [2.24, 2.45) is 5.73 Å². The summed E-state index contributed by atoms with van der Waals surface area (Å²) in [4.78, 5) is 0. The van der Waals surface area contributed by atoms with Crippen molar-refractivity contribution < 1.29 is 4.42 Å². The molecule has 0 fully saturated rings. The molecule has 0 aliphatic heterocycles. The lowest BCUT2D eigenvalue weighted by Crippen LogP contribution is -2.06. The second kappa shape index (κ2) is 3.91. The number of rotatable bonds is 2. The normalized spacial score (nSPS) is 12.7. The topological polar surface area (TPSA) is 39.2 Å². The highest BCUT2D eigenvalue weighted by molar-refractivity contribution is 5.81. The molecule has 0 saturated carbocycles. The van der Waals surface area contributed by atoms with Crippen molar-refractivity contribution in [1.82, 2.24) is 0 Å². The van der Waals surface area contributed by atoms with Gasteiger partial charge in [-0.3, -0.25) is 0 Å². The van der Waals surface area contributed by atoms with Gasteiger partial charge in [0.15, 0.2) is 0 Å². The maximum absolute atomic E-state index is 6.07. The summed E-state index contributed by atoms with van der Waals surface area (Å²) in [5.41, 5.74) is 9.23. The van der Waals surface area contributed by atoms with E-state index in [0.717, 1.165) is 16.5 Å². The molecular weight excluding hydrogens is 186 g/mol. The van der Waals surface area contributed by atoms with Crippen LogP contribution in [0.3, 0.4) is 0 Å². The van der Waals surface area contributed by atoms with Gasteiger partial charge in [0, 0.05) is 10.9 Å². The van der Waals surface area contributed by atoms with Crippen LogP contribution in [0.1, 0.15) is 25.5 Å². The Labute approximate surface area is 89.4 Å². The number of allylic oxidation sites excluding steroid dienone is 1. The third-order valence-corrected chi connectivity index (χ3v) is 2.38. The van der Waals surface area contributed by atoms with Crippen molar-refractivity contribution in [3.05, 3.63) is 47.7 Å². The molecular formula is C13H15NO. The van der Waals surface area contributed by atoms with Crippen LogP contribution in [0.15, 0.2) is 46.6 Å². The molecule has 15 heavy (non-hydrogen) atoms. The van der Waals surface area contributed by atoms with Crippen LogP contribution in [0.25, 0.3) is 11.0 Å². The summed E-state index contributed by atoms with van der Waals surface area (Å²) in [6.07, 6.45) is 3.78. The van der Waals surface area contributed by atoms with Gasteiger partial charge >= 0.3 is 0 Å². The molecule has 2 aromatic rings. The molecule has 1 atom stereocenters. The summed E-state index contributed by atoms with van der Waals surface area (Å²) < 4.78 is 5.44. The number of para-hydroxylation sites is 1. The van der Waals surface area contributed by atoms with E-state index in [1.165, 1.54) is 5.57 Å². The molecule has 1 aromatic carbocycles. The number of nitrogens with two attached hydrogens (primary N) is 1. The summed E-state index contributed by atoms with van der Waals surface area (Å²) in [6.45, 7) is 4.09. The van der Waals surface area contributed by atoms with Gasteiger partial charge in [0.1, 0.15) is 5.58 Å². The summed E-state index contributed by atoms with van der Waals surface area (Å²) >= 11 is 0. The highest BCUT2D eigenvalue weighted by Crippen LogP contribution is 2.26. The minimum Gasteiger partial charge on any atom is -0.464 e. The van der Waals surface area contributed by atoms with Crippen LogP contribution in [0.5, 0.6) is 0 Å². The fraction of sp³-hybridized carbons (Fsp3) is 0.231. The Balaban J connectivity index is 2.48. The van der Waals surface area contributed by atoms with E-state index in [-0.39, 0.29) is 6.04 Å². The van der Waals surface area contributed by atoms with Crippen LogP contribution >= 0.6 is 0 Å². The Morgan fingerprint density at radius 2 is 2.07 bits per heavy atom. The Kier molecular flexibility index (Phi) is 2.60. The summed E-state index contributed by atoms with van der Waals surface area (Å²) in [7, 11) is 0. The van der Waals surface area contributed by atoms with Crippen molar-refractivity contribution in [3.63, 3.8) is 0 Å². The van der Waals surface area contributed by atoms with E-state index in [0.29, 0.717) is 0 Å². The van der Waals surface area contributed by atoms with Gasteiger partial charge in [0.25, 0.3) is 0 Å². The van der Waals surface area contributed by atoms with Crippen LogP contribution in [0, 0.1) is 0 Å². The number of benzene rings is 1. The maximum atomic E-state index is 6.07. The fourth-order valence-electron chi connectivity index (χ4n) is 1.71. The first-order valence-electron chi connectivity index (χ1n) is 5.05. The van der Waals surface area contributed by atoms with E-state index in [9.17, 15) is 0 Å². The maximum Gasteiger partial charge on any atom is 0.134 e. The van der Waals surface area contributed by atoms with Crippen molar-refractivity contribution in [3.8, 4) is 0 Å². The molecule has 78 valence electrons. The lowest BCUT2D eigenvalue weighted by atomic mass is 10.0. The van der Waals surface area contributed by atoms with Gasteiger partial charge in [0.05, 0.1) is 12.3 Å². The summed E-state index contributed by atoms with van der Waals surface area (Å²) in [6, 6.07) is 7.86. The lowest BCUT2D eigenvalue weighted by molar-refractivity contribution is 0.608. The molecule has 2 nitrogen and oxygen atoms in total. The van der Waals surface area contributed by atoms with Crippen LogP contribution in [-0.4, -0.2) is 0 Å². The highest BCUT2D eigenvalue weighted by atomic mass is 16.3. The van der Waals surface area contributed by atoms with Gasteiger partial charge in [-0.05, 0) is 19.9 Å². The molecule has 2 heteroatoms. The zero-order chi connectivity index (χ0) is 10.8. The Bertz CT molecular complexity index is 492. The second-order valence-electron chi connectivity index (χ2n) is 3.96. The molecule has 1 heterocycles. The van der Waals surface area contributed by atoms with Crippen molar-refractivity contribution in [2.75, 3.05) is 0 Å². The summed E-state index contributed by atoms with van der Waals surface area (Å²) in [5.74, 6) is 0. The minimum atomic E-state index is -0.0846. The molecule has 1 unspecified atom stereocenters. The molecule has 0 aliphatic carbocycles. The smallest absolute Gasteiger partial charge is 0.134 e. The first-order valence-corrected chi connectivity index (χ1v) is 5.05. The van der Waals surface area contributed by atoms with Gasteiger partial charge in [-0.2, -0.15) is 0 Å². The van der Waals surface area contributed by atoms with E-state index in [4.69, 9.17) is 10.2 Å². The predicted molar refractivity (Wildman–Crippen MR) is 62.6 cm³/mol. The Morgan fingerprint density at radius 1 is 1.33 bits per heavy atom. The van der Waals surface area contributed by atoms with E-state index >= 15 is 0 Å². The number of hydrogen-bond acceptors (Lipinski definition) is 2. The number of hydrogen-bond donors (Lipinski definition) is 1. The van der Waals surface area contributed by atoms with E-state index < -0.39 is 0 Å². The van der Waals surface area contributed by atoms with Crippen molar-refractivity contribution in [2.45, 2.75) is 19.9 Å². The number of fused-ring (bicyclic) bond motifs is 1. The third kappa shape index (κ3) is 1.95.